The Hall–Kier alpha value is -1.82. The molecule has 1 aromatic heterocycles. The molecule has 0 aliphatic carbocycles. The minimum atomic E-state index is -0.551. The molecule has 1 aromatic rings. The number of carbonyl (C=O) groups excluding carboxylic acids is 1. The van der Waals surface area contributed by atoms with Crippen LogP contribution >= 0.6 is 0 Å². The minimum Gasteiger partial charge on any atom is -0.391 e. The van der Waals surface area contributed by atoms with Gasteiger partial charge in [0, 0.05) is 25.4 Å². The maximum absolute atomic E-state index is 11.7. The van der Waals surface area contributed by atoms with Gasteiger partial charge in [0.15, 0.2) is 0 Å². The molecule has 1 rings (SSSR count). The van der Waals surface area contributed by atoms with Crippen LogP contribution in [0.15, 0.2) is 23.1 Å². The van der Waals surface area contributed by atoms with Crippen molar-refractivity contribution < 1.29 is 9.90 Å². The lowest BCUT2D eigenvalue weighted by Crippen LogP contribution is -2.36. The van der Waals surface area contributed by atoms with Crippen LogP contribution in [-0.2, 0) is 6.54 Å². The normalized spacial score (nSPS) is 12.2. The Bertz CT molecular complexity index is 497. The summed E-state index contributed by atoms with van der Waals surface area (Å²) < 4.78 is 1.50. The van der Waals surface area contributed by atoms with Crippen LogP contribution in [0.5, 0.6) is 0 Å². The predicted molar refractivity (Wildman–Crippen MR) is 78.9 cm³/mol. The summed E-state index contributed by atoms with van der Waals surface area (Å²) in [6.07, 6.45) is 1.68. The van der Waals surface area contributed by atoms with Crippen molar-refractivity contribution in [2.24, 2.45) is 5.92 Å². The number of amides is 2. The number of rotatable bonds is 6. The standard InChI is InChI=1S/C14H23N3O3/c1-4-17-9-11(5-6-13(17)19)16-14(20)15-8-12(18)7-10(2)3/h5-6,9-10,12,18H,4,7-8H2,1-3H3,(H2,15,16,20). The number of anilines is 1. The first kappa shape index (κ1) is 16.2. The highest BCUT2D eigenvalue weighted by molar-refractivity contribution is 5.88. The van der Waals surface area contributed by atoms with Gasteiger partial charge < -0.3 is 20.3 Å². The van der Waals surface area contributed by atoms with Gasteiger partial charge in [-0.05, 0) is 25.3 Å². The first-order chi connectivity index (χ1) is 9.42. The van der Waals surface area contributed by atoms with E-state index in [2.05, 4.69) is 10.6 Å². The number of nitrogens with zero attached hydrogens (tertiary/aromatic N) is 1. The molecule has 0 saturated carbocycles. The van der Waals surface area contributed by atoms with E-state index in [1.54, 1.807) is 12.3 Å². The van der Waals surface area contributed by atoms with Crippen molar-refractivity contribution in [2.75, 3.05) is 11.9 Å². The fourth-order valence-corrected chi connectivity index (χ4v) is 1.87. The number of nitrogens with one attached hydrogen (secondary N) is 2. The van der Waals surface area contributed by atoms with E-state index < -0.39 is 12.1 Å². The smallest absolute Gasteiger partial charge is 0.319 e. The third-order valence-corrected chi connectivity index (χ3v) is 2.82. The number of aliphatic hydroxyl groups excluding tert-OH is 1. The Labute approximate surface area is 118 Å². The fraction of sp³-hybridized carbons (Fsp3) is 0.571. The number of aromatic nitrogens is 1. The molecule has 0 fully saturated rings. The second-order valence-corrected chi connectivity index (χ2v) is 5.16. The number of hydrogen-bond donors (Lipinski definition) is 3. The van der Waals surface area contributed by atoms with Crippen molar-refractivity contribution in [3.63, 3.8) is 0 Å². The van der Waals surface area contributed by atoms with Crippen molar-refractivity contribution in [3.8, 4) is 0 Å². The van der Waals surface area contributed by atoms with Gasteiger partial charge in [0.1, 0.15) is 0 Å². The van der Waals surface area contributed by atoms with Gasteiger partial charge in [0.05, 0.1) is 11.8 Å². The van der Waals surface area contributed by atoms with Gasteiger partial charge in [-0.25, -0.2) is 4.79 Å². The molecule has 20 heavy (non-hydrogen) atoms. The number of pyridine rings is 1. The largest absolute Gasteiger partial charge is 0.391 e. The monoisotopic (exact) mass is 281 g/mol. The van der Waals surface area contributed by atoms with Crippen molar-refractivity contribution in [1.82, 2.24) is 9.88 Å². The van der Waals surface area contributed by atoms with E-state index in [-0.39, 0.29) is 12.1 Å². The highest BCUT2D eigenvalue weighted by atomic mass is 16.3. The average Bonchev–Trinajstić information content (AvgIpc) is 2.38. The molecule has 0 spiro atoms. The second kappa shape index (κ2) is 7.69. The number of aryl methyl sites for hydroxylation is 1. The van der Waals surface area contributed by atoms with Crippen LogP contribution in [0.4, 0.5) is 10.5 Å². The lowest BCUT2D eigenvalue weighted by Gasteiger charge is -2.14. The zero-order chi connectivity index (χ0) is 15.1. The van der Waals surface area contributed by atoms with E-state index in [1.807, 2.05) is 20.8 Å². The summed E-state index contributed by atoms with van der Waals surface area (Å²) in [5.41, 5.74) is 0.438. The molecule has 6 heteroatoms. The zero-order valence-corrected chi connectivity index (χ0v) is 12.2. The highest BCUT2D eigenvalue weighted by Crippen LogP contribution is 2.04. The van der Waals surface area contributed by atoms with Gasteiger partial charge in [0.25, 0.3) is 5.56 Å². The van der Waals surface area contributed by atoms with E-state index >= 15 is 0 Å². The van der Waals surface area contributed by atoms with Crippen LogP contribution in [0.3, 0.4) is 0 Å². The summed E-state index contributed by atoms with van der Waals surface area (Å²) in [5.74, 6) is 0.378. The van der Waals surface area contributed by atoms with Gasteiger partial charge in [-0.3, -0.25) is 4.79 Å². The Morgan fingerprint density at radius 2 is 2.10 bits per heavy atom. The number of hydrogen-bond acceptors (Lipinski definition) is 3. The van der Waals surface area contributed by atoms with E-state index in [4.69, 9.17) is 0 Å². The molecular formula is C14H23N3O3. The van der Waals surface area contributed by atoms with Crippen LogP contribution in [0.25, 0.3) is 0 Å². The molecule has 112 valence electrons. The summed E-state index contributed by atoms with van der Waals surface area (Å²) in [6.45, 7) is 6.63. The molecule has 0 bridgehead atoms. The lowest BCUT2D eigenvalue weighted by molar-refractivity contribution is 0.148. The van der Waals surface area contributed by atoms with E-state index in [1.165, 1.54) is 10.6 Å². The molecule has 0 saturated heterocycles. The summed E-state index contributed by atoms with van der Waals surface area (Å²) in [7, 11) is 0. The first-order valence-electron chi connectivity index (χ1n) is 6.85. The quantitative estimate of drug-likeness (QED) is 0.737. The third-order valence-electron chi connectivity index (χ3n) is 2.82. The van der Waals surface area contributed by atoms with E-state index in [0.29, 0.717) is 24.6 Å². The van der Waals surface area contributed by atoms with Crippen LogP contribution in [-0.4, -0.2) is 28.4 Å². The third kappa shape index (κ3) is 5.44. The molecule has 3 N–H and O–H groups in total. The van der Waals surface area contributed by atoms with Gasteiger partial charge in [0.2, 0.25) is 0 Å². The minimum absolute atomic E-state index is 0.106. The number of carbonyl (C=O) groups is 1. The molecule has 1 unspecified atom stereocenters. The van der Waals surface area contributed by atoms with Gasteiger partial charge in [-0.15, -0.1) is 0 Å². The van der Waals surface area contributed by atoms with E-state index in [9.17, 15) is 14.7 Å². The van der Waals surface area contributed by atoms with Crippen molar-refractivity contribution in [2.45, 2.75) is 39.8 Å². The summed E-state index contributed by atoms with van der Waals surface area (Å²) in [5, 5.41) is 14.9. The van der Waals surface area contributed by atoms with Crippen molar-refractivity contribution in [1.29, 1.82) is 0 Å². The number of urea groups is 1. The Morgan fingerprint density at radius 1 is 1.40 bits per heavy atom. The molecule has 1 heterocycles. The van der Waals surface area contributed by atoms with Gasteiger partial charge in [-0.2, -0.15) is 0 Å². The van der Waals surface area contributed by atoms with Crippen LogP contribution < -0.4 is 16.2 Å². The Morgan fingerprint density at radius 3 is 2.70 bits per heavy atom. The summed E-state index contributed by atoms with van der Waals surface area (Å²) >= 11 is 0. The van der Waals surface area contributed by atoms with E-state index in [0.717, 1.165) is 0 Å². The van der Waals surface area contributed by atoms with Gasteiger partial charge >= 0.3 is 6.03 Å². The van der Waals surface area contributed by atoms with Crippen LogP contribution in [0.1, 0.15) is 27.2 Å². The van der Waals surface area contributed by atoms with Gasteiger partial charge in [-0.1, -0.05) is 13.8 Å². The average molecular weight is 281 g/mol. The lowest BCUT2D eigenvalue weighted by atomic mass is 10.1. The fourth-order valence-electron chi connectivity index (χ4n) is 1.87. The topological polar surface area (TPSA) is 83.4 Å². The Kier molecular flexibility index (Phi) is 6.24. The molecular weight excluding hydrogens is 258 g/mol. The van der Waals surface area contributed by atoms with Crippen molar-refractivity contribution >= 4 is 11.7 Å². The first-order valence-corrected chi connectivity index (χ1v) is 6.85. The molecule has 0 radical (unpaired) electrons. The highest BCUT2D eigenvalue weighted by Gasteiger charge is 2.09. The summed E-state index contributed by atoms with van der Waals surface area (Å²) in [6, 6.07) is 2.57. The Balaban J connectivity index is 2.48. The molecule has 2 amide bonds. The van der Waals surface area contributed by atoms with Crippen molar-refractivity contribution in [3.05, 3.63) is 28.7 Å². The summed E-state index contributed by atoms with van der Waals surface area (Å²) in [4.78, 5) is 23.1. The number of aliphatic hydroxyl groups is 1. The second-order valence-electron chi connectivity index (χ2n) is 5.16. The maximum atomic E-state index is 11.7. The zero-order valence-electron chi connectivity index (χ0n) is 12.2. The van der Waals surface area contributed by atoms with Crippen LogP contribution in [0, 0.1) is 5.92 Å². The molecule has 0 aliphatic heterocycles. The molecule has 1 atom stereocenters. The maximum Gasteiger partial charge on any atom is 0.319 e. The molecule has 6 nitrogen and oxygen atoms in total. The molecule has 0 aliphatic rings. The van der Waals surface area contributed by atoms with Crippen LogP contribution in [0.2, 0.25) is 0 Å². The predicted octanol–water partition coefficient (Wildman–Crippen LogP) is 1.40. The molecule has 0 aromatic carbocycles. The SMILES string of the molecule is CCn1cc(NC(=O)NCC(O)CC(C)C)ccc1=O.